The summed E-state index contributed by atoms with van der Waals surface area (Å²) < 4.78 is 24.7. The molecule has 7 heteroatoms. The summed E-state index contributed by atoms with van der Waals surface area (Å²) in [7, 11) is 0. The quantitative estimate of drug-likeness (QED) is 0.761. The number of carbonyl (C=O) groups is 3. The van der Waals surface area contributed by atoms with Gasteiger partial charge in [-0.25, -0.2) is 9.18 Å². The summed E-state index contributed by atoms with van der Waals surface area (Å²) in [5.74, 6) is -2.24. The number of aliphatic hydroxyl groups is 1. The summed E-state index contributed by atoms with van der Waals surface area (Å²) in [4.78, 5) is 36.6. The molecule has 24 heavy (non-hydrogen) atoms. The third-order valence-electron chi connectivity index (χ3n) is 6.36. The number of halogens is 1. The van der Waals surface area contributed by atoms with Crippen molar-refractivity contribution in [2.75, 3.05) is 0 Å². The van der Waals surface area contributed by atoms with Gasteiger partial charge in [0.2, 0.25) is 11.8 Å². The van der Waals surface area contributed by atoms with E-state index in [2.05, 4.69) is 0 Å². The van der Waals surface area contributed by atoms with Crippen molar-refractivity contribution in [2.45, 2.75) is 64.5 Å². The fourth-order valence-corrected chi connectivity index (χ4v) is 4.02. The topological polar surface area (TPSA) is 89.9 Å². The number of allylic oxidation sites excluding steroid dienone is 1. The number of rotatable bonds is 2. The molecule has 0 amide bonds. The van der Waals surface area contributed by atoms with Gasteiger partial charge in [-0.2, -0.15) is 0 Å². The number of fused-ring (bicyclic) bond motifs is 2. The first-order valence-corrected chi connectivity index (χ1v) is 7.97. The van der Waals surface area contributed by atoms with Crippen molar-refractivity contribution in [3.63, 3.8) is 0 Å². The number of esters is 2. The van der Waals surface area contributed by atoms with Gasteiger partial charge in [0, 0.05) is 5.41 Å². The molecule has 132 valence electrons. The van der Waals surface area contributed by atoms with Crippen LogP contribution >= 0.6 is 0 Å². The van der Waals surface area contributed by atoms with Crippen molar-refractivity contribution < 1.29 is 33.4 Å². The normalized spacial score (nSPS) is 43.4. The van der Waals surface area contributed by atoms with Crippen molar-refractivity contribution in [2.24, 2.45) is 10.8 Å². The molecular weight excluding hydrogens is 319 g/mol. The van der Waals surface area contributed by atoms with Crippen LogP contribution in [0.15, 0.2) is 11.6 Å². The largest absolute Gasteiger partial charge is 0.453 e. The number of ether oxygens (including phenoxy) is 2. The number of aliphatic hydroxyl groups excluding tert-OH is 1. The van der Waals surface area contributed by atoms with Gasteiger partial charge in [-0.3, -0.25) is 9.59 Å². The lowest BCUT2D eigenvalue weighted by atomic mass is 9.66. The highest BCUT2D eigenvalue weighted by atomic mass is 19.1. The molecule has 1 saturated heterocycles. The van der Waals surface area contributed by atoms with Crippen LogP contribution in [0.1, 0.15) is 40.5 Å². The minimum atomic E-state index is -2.14. The Kier molecular flexibility index (Phi) is 3.47. The number of hydrogen-bond acceptors (Lipinski definition) is 6. The molecule has 1 heterocycles. The van der Waals surface area contributed by atoms with Crippen LogP contribution in [0.25, 0.3) is 0 Å². The zero-order valence-electron chi connectivity index (χ0n) is 14.1. The van der Waals surface area contributed by atoms with Gasteiger partial charge in [-0.05, 0) is 38.3 Å². The Balaban J connectivity index is 1.90. The maximum Gasteiger partial charge on any atom is 0.351 e. The monoisotopic (exact) mass is 340 g/mol. The molecule has 2 aliphatic carbocycles. The molecule has 0 spiro atoms. The Morgan fingerprint density at radius 2 is 1.96 bits per heavy atom. The standard InChI is InChI=1S/C17H21FO6/c1-8-7-9(19)10(18)12(11(8)20)23-14(22)17-6-5-16(4,13(21)24-17)15(17,2)3/h7,10-12,20H,5-6H2,1-4H3/t10-,11+,12-,16-,17+/m0/s1. The van der Waals surface area contributed by atoms with E-state index < -0.39 is 52.5 Å². The molecule has 3 rings (SSSR count). The first kappa shape index (κ1) is 17.1. The number of carbonyl (C=O) groups excluding carboxylic acids is 3. The molecule has 2 fully saturated rings. The van der Waals surface area contributed by atoms with Gasteiger partial charge < -0.3 is 14.6 Å². The molecular formula is C17H21FO6. The predicted octanol–water partition coefficient (Wildman–Crippen LogP) is 1.25. The van der Waals surface area contributed by atoms with E-state index in [1.165, 1.54) is 6.92 Å². The van der Waals surface area contributed by atoms with Crippen LogP contribution in [-0.4, -0.2) is 46.8 Å². The highest BCUT2D eigenvalue weighted by Gasteiger charge is 2.76. The highest BCUT2D eigenvalue weighted by Crippen LogP contribution is 2.65. The molecule has 0 radical (unpaired) electrons. The van der Waals surface area contributed by atoms with Crippen LogP contribution in [0.3, 0.4) is 0 Å². The van der Waals surface area contributed by atoms with Gasteiger partial charge in [0.1, 0.15) is 6.10 Å². The van der Waals surface area contributed by atoms with Crippen LogP contribution in [-0.2, 0) is 23.9 Å². The molecule has 2 bridgehead atoms. The molecule has 0 aromatic carbocycles. The lowest BCUT2D eigenvalue weighted by molar-refractivity contribution is -0.194. The summed E-state index contributed by atoms with van der Waals surface area (Å²) >= 11 is 0. The Bertz CT molecular complexity index is 668. The van der Waals surface area contributed by atoms with E-state index in [9.17, 15) is 23.9 Å². The zero-order valence-corrected chi connectivity index (χ0v) is 14.1. The average Bonchev–Trinajstić information content (AvgIpc) is 2.79. The molecule has 1 saturated carbocycles. The molecule has 0 aromatic heterocycles. The molecule has 5 atom stereocenters. The van der Waals surface area contributed by atoms with E-state index in [4.69, 9.17) is 9.47 Å². The van der Waals surface area contributed by atoms with Crippen LogP contribution < -0.4 is 0 Å². The molecule has 0 aromatic rings. The molecule has 3 aliphatic rings. The second-order valence-electron chi connectivity index (χ2n) is 7.68. The van der Waals surface area contributed by atoms with E-state index in [0.717, 1.165) is 6.08 Å². The smallest absolute Gasteiger partial charge is 0.351 e. The summed E-state index contributed by atoms with van der Waals surface area (Å²) in [6.07, 6.45) is -3.46. The van der Waals surface area contributed by atoms with Crippen molar-refractivity contribution >= 4 is 17.7 Å². The number of alkyl halides is 1. The van der Waals surface area contributed by atoms with Gasteiger partial charge in [-0.1, -0.05) is 13.8 Å². The second kappa shape index (κ2) is 4.88. The SMILES string of the molecule is CC1=CC(=O)[C@H](F)[C@H](OC(=O)[C@@]23CC[C@@](C)(C(=O)O2)C3(C)C)[C@@H]1O. The van der Waals surface area contributed by atoms with E-state index >= 15 is 0 Å². The van der Waals surface area contributed by atoms with Gasteiger partial charge >= 0.3 is 11.9 Å². The van der Waals surface area contributed by atoms with E-state index in [1.54, 1.807) is 20.8 Å². The third-order valence-corrected chi connectivity index (χ3v) is 6.36. The summed E-state index contributed by atoms with van der Waals surface area (Å²) in [6.45, 7) is 6.68. The first-order valence-electron chi connectivity index (χ1n) is 7.97. The van der Waals surface area contributed by atoms with Gasteiger partial charge in [-0.15, -0.1) is 0 Å². The lowest BCUT2D eigenvalue weighted by Crippen LogP contribution is -2.54. The third kappa shape index (κ3) is 1.82. The highest BCUT2D eigenvalue weighted by molar-refractivity contribution is 5.97. The predicted molar refractivity (Wildman–Crippen MR) is 79.5 cm³/mol. The average molecular weight is 340 g/mol. The number of ketones is 1. The maximum absolute atomic E-state index is 14.2. The summed E-state index contributed by atoms with van der Waals surface area (Å²) in [6, 6.07) is 0. The molecule has 0 unspecified atom stereocenters. The summed E-state index contributed by atoms with van der Waals surface area (Å²) in [5.41, 5.74) is -2.95. The fraction of sp³-hybridized carbons (Fsp3) is 0.706. The maximum atomic E-state index is 14.2. The lowest BCUT2D eigenvalue weighted by Gasteiger charge is -2.37. The van der Waals surface area contributed by atoms with Crippen LogP contribution in [0.4, 0.5) is 4.39 Å². The zero-order chi connectivity index (χ0) is 18.1. The summed E-state index contributed by atoms with van der Waals surface area (Å²) in [5, 5.41) is 10.1. The van der Waals surface area contributed by atoms with Crippen LogP contribution in [0.2, 0.25) is 0 Å². The van der Waals surface area contributed by atoms with Gasteiger partial charge in [0.15, 0.2) is 11.9 Å². The Labute approximate surface area is 139 Å². The van der Waals surface area contributed by atoms with E-state index in [0.29, 0.717) is 6.42 Å². The second-order valence-corrected chi connectivity index (χ2v) is 7.68. The Hall–Kier alpha value is -1.76. The van der Waals surface area contributed by atoms with Crippen molar-refractivity contribution in [3.8, 4) is 0 Å². The first-order chi connectivity index (χ1) is 11.0. The molecule has 1 aliphatic heterocycles. The van der Waals surface area contributed by atoms with Crippen molar-refractivity contribution in [3.05, 3.63) is 11.6 Å². The minimum Gasteiger partial charge on any atom is -0.453 e. The van der Waals surface area contributed by atoms with E-state index in [1.807, 2.05) is 0 Å². The van der Waals surface area contributed by atoms with Crippen LogP contribution in [0, 0.1) is 10.8 Å². The minimum absolute atomic E-state index is 0.225. The van der Waals surface area contributed by atoms with Gasteiger partial charge in [0.25, 0.3) is 0 Å². The Morgan fingerprint density at radius 3 is 2.46 bits per heavy atom. The molecule has 1 N–H and O–H groups in total. The van der Waals surface area contributed by atoms with Crippen molar-refractivity contribution in [1.82, 2.24) is 0 Å². The van der Waals surface area contributed by atoms with E-state index in [-0.39, 0.29) is 12.0 Å². The van der Waals surface area contributed by atoms with Crippen molar-refractivity contribution in [1.29, 1.82) is 0 Å². The fourth-order valence-electron chi connectivity index (χ4n) is 4.02. The molecule has 6 nitrogen and oxygen atoms in total. The van der Waals surface area contributed by atoms with Crippen LogP contribution in [0.5, 0.6) is 0 Å². The van der Waals surface area contributed by atoms with Gasteiger partial charge in [0.05, 0.1) is 5.41 Å². The Morgan fingerprint density at radius 1 is 1.33 bits per heavy atom. The number of hydrogen-bond donors (Lipinski definition) is 1.